The second-order valence-electron chi connectivity index (χ2n) is 6.98. The van der Waals surface area contributed by atoms with Gasteiger partial charge in [0.25, 0.3) is 5.91 Å². The molecule has 2 bridgehead atoms. The van der Waals surface area contributed by atoms with Gasteiger partial charge in [0.1, 0.15) is 0 Å². The summed E-state index contributed by atoms with van der Waals surface area (Å²) in [5.74, 6) is -0.0117. The van der Waals surface area contributed by atoms with Gasteiger partial charge in [0.05, 0.1) is 24.3 Å². The summed E-state index contributed by atoms with van der Waals surface area (Å²) in [5.41, 5.74) is 1.71. The molecule has 1 amide bonds. The maximum Gasteiger partial charge on any atom is 0.253 e. The van der Waals surface area contributed by atoms with Crippen molar-refractivity contribution in [3.63, 3.8) is 0 Å². The molecule has 3 aromatic rings. The van der Waals surface area contributed by atoms with Gasteiger partial charge in [0.15, 0.2) is 5.13 Å². The monoisotopic (exact) mass is 368 g/mol. The van der Waals surface area contributed by atoms with Crippen LogP contribution in [0.2, 0.25) is 0 Å². The van der Waals surface area contributed by atoms with E-state index in [0.717, 1.165) is 42.1 Å². The number of hydrogen-bond donors (Lipinski definition) is 2. The van der Waals surface area contributed by atoms with E-state index in [1.165, 1.54) is 0 Å². The second-order valence-corrected chi connectivity index (χ2v) is 7.86. The van der Waals surface area contributed by atoms with Crippen LogP contribution in [0.15, 0.2) is 42.0 Å². The maximum absolute atomic E-state index is 13.0. The van der Waals surface area contributed by atoms with Gasteiger partial charge in [0, 0.05) is 41.3 Å². The van der Waals surface area contributed by atoms with Gasteiger partial charge in [-0.05, 0) is 18.9 Å². The van der Waals surface area contributed by atoms with Crippen LogP contribution in [-0.2, 0) is 4.74 Å². The molecule has 2 N–H and O–H groups in total. The van der Waals surface area contributed by atoms with Crippen LogP contribution >= 0.6 is 11.3 Å². The number of morpholine rings is 1. The number of amides is 1. The van der Waals surface area contributed by atoms with Crippen LogP contribution in [0.1, 0.15) is 23.2 Å². The van der Waals surface area contributed by atoms with Crippen LogP contribution in [0.4, 0.5) is 0 Å². The van der Waals surface area contributed by atoms with Crippen molar-refractivity contribution in [2.24, 2.45) is 0 Å². The van der Waals surface area contributed by atoms with E-state index in [1.54, 1.807) is 17.5 Å². The summed E-state index contributed by atoms with van der Waals surface area (Å²) < 4.78 is 7.59. The fourth-order valence-electron chi connectivity index (χ4n) is 4.07. The SMILES string of the molecule is O=C(N[C@H]1C[C@H]2COC[C@@H](C1)N2)c1cn(-c2nccs2)c2ccccc12. The summed E-state index contributed by atoms with van der Waals surface area (Å²) in [6.45, 7) is 1.46. The summed E-state index contributed by atoms with van der Waals surface area (Å²) in [4.78, 5) is 17.4. The number of rotatable bonds is 3. The molecule has 0 unspecified atom stereocenters. The summed E-state index contributed by atoms with van der Waals surface area (Å²) in [6.07, 6.45) is 5.51. The highest BCUT2D eigenvalue weighted by Crippen LogP contribution is 2.26. The molecule has 3 atom stereocenters. The van der Waals surface area contributed by atoms with Crippen molar-refractivity contribution >= 4 is 28.1 Å². The van der Waals surface area contributed by atoms with E-state index in [9.17, 15) is 4.79 Å². The summed E-state index contributed by atoms with van der Waals surface area (Å²) in [7, 11) is 0. The van der Waals surface area contributed by atoms with Crippen molar-refractivity contribution < 1.29 is 9.53 Å². The van der Waals surface area contributed by atoms with E-state index in [4.69, 9.17) is 4.74 Å². The number of carbonyl (C=O) groups excluding carboxylic acids is 1. The second kappa shape index (κ2) is 6.50. The van der Waals surface area contributed by atoms with Gasteiger partial charge >= 0.3 is 0 Å². The number of ether oxygens (including phenoxy) is 1. The number of hydrogen-bond acceptors (Lipinski definition) is 5. The lowest BCUT2D eigenvalue weighted by Gasteiger charge is -2.40. The highest BCUT2D eigenvalue weighted by Gasteiger charge is 2.33. The fourth-order valence-corrected chi connectivity index (χ4v) is 4.70. The van der Waals surface area contributed by atoms with Gasteiger partial charge in [-0.25, -0.2) is 4.98 Å². The van der Waals surface area contributed by atoms with Crippen molar-refractivity contribution in [1.29, 1.82) is 0 Å². The first-order valence-electron chi connectivity index (χ1n) is 8.92. The summed E-state index contributed by atoms with van der Waals surface area (Å²) in [6, 6.07) is 8.84. The third kappa shape index (κ3) is 2.82. The average Bonchev–Trinajstić information content (AvgIpc) is 3.29. The topological polar surface area (TPSA) is 68.2 Å². The number of nitrogens with zero attached hydrogens (tertiary/aromatic N) is 2. The fraction of sp³-hybridized carbons (Fsp3) is 0.368. The van der Waals surface area contributed by atoms with Crippen LogP contribution in [0.5, 0.6) is 0 Å². The molecule has 0 radical (unpaired) electrons. The van der Waals surface area contributed by atoms with Crippen LogP contribution < -0.4 is 10.6 Å². The number of aromatic nitrogens is 2. The number of para-hydroxylation sites is 1. The standard InChI is InChI=1S/C19H20N4O2S/c24-18(22-12-7-13-10-25-11-14(8-12)21-13)16-9-23(19-20-5-6-26-19)17-4-2-1-3-15(16)17/h1-6,9,12-14,21H,7-8,10-11H2,(H,22,24)/t12-,13-,14+. The Morgan fingerprint density at radius 3 is 2.85 bits per heavy atom. The molecular formula is C19H20N4O2S. The smallest absolute Gasteiger partial charge is 0.253 e. The molecule has 7 heteroatoms. The van der Waals surface area contributed by atoms with Gasteiger partial charge in [-0.1, -0.05) is 18.2 Å². The number of thiazole rings is 1. The van der Waals surface area contributed by atoms with Gasteiger partial charge in [-0.2, -0.15) is 0 Å². The van der Waals surface area contributed by atoms with Crippen molar-refractivity contribution in [3.8, 4) is 5.13 Å². The molecule has 0 spiro atoms. The number of benzene rings is 1. The molecule has 2 aliphatic rings. The van der Waals surface area contributed by atoms with E-state index in [2.05, 4.69) is 15.6 Å². The van der Waals surface area contributed by atoms with Crippen LogP contribution in [-0.4, -0.2) is 46.8 Å². The Morgan fingerprint density at radius 2 is 2.08 bits per heavy atom. The first kappa shape index (κ1) is 16.0. The molecule has 0 aliphatic carbocycles. The molecule has 2 aromatic heterocycles. The first-order valence-corrected chi connectivity index (χ1v) is 9.80. The van der Waals surface area contributed by atoms with E-state index in [0.29, 0.717) is 17.6 Å². The molecule has 26 heavy (non-hydrogen) atoms. The molecule has 5 rings (SSSR count). The molecule has 2 aliphatic heterocycles. The number of piperidine rings is 1. The molecule has 2 saturated heterocycles. The molecule has 134 valence electrons. The van der Waals surface area contributed by atoms with E-state index >= 15 is 0 Å². The lowest BCUT2D eigenvalue weighted by molar-refractivity contribution is 0.0148. The highest BCUT2D eigenvalue weighted by molar-refractivity contribution is 7.12. The minimum Gasteiger partial charge on any atom is -0.378 e. The Morgan fingerprint density at radius 1 is 1.27 bits per heavy atom. The normalized spacial score (nSPS) is 25.3. The third-order valence-electron chi connectivity index (χ3n) is 5.16. The van der Waals surface area contributed by atoms with Crippen molar-refractivity contribution in [3.05, 3.63) is 47.6 Å². The Kier molecular flexibility index (Phi) is 4.00. The van der Waals surface area contributed by atoms with Gasteiger partial charge in [-0.15, -0.1) is 11.3 Å². The Balaban J connectivity index is 1.44. The van der Waals surface area contributed by atoms with Crippen LogP contribution in [0, 0.1) is 0 Å². The zero-order valence-corrected chi connectivity index (χ0v) is 15.0. The quantitative estimate of drug-likeness (QED) is 0.745. The third-order valence-corrected chi connectivity index (χ3v) is 5.94. The molecular weight excluding hydrogens is 348 g/mol. The van der Waals surface area contributed by atoms with E-state index < -0.39 is 0 Å². The largest absolute Gasteiger partial charge is 0.378 e. The predicted molar refractivity (Wildman–Crippen MR) is 101 cm³/mol. The zero-order valence-electron chi connectivity index (χ0n) is 14.2. The van der Waals surface area contributed by atoms with Crippen molar-refractivity contribution in [1.82, 2.24) is 20.2 Å². The summed E-state index contributed by atoms with van der Waals surface area (Å²) in [5, 5.41) is 10.6. The number of nitrogens with one attached hydrogen (secondary N) is 2. The van der Waals surface area contributed by atoms with E-state index in [-0.39, 0.29) is 11.9 Å². The van der Waals surface area contributed by atoms with Gasteiger partial charge in [0.2, 0.25) is 0 Å². The van der Waals surface area contributed by atoms with E-state index in [1.807, 2.05) is 40.4 Å². The predicted octanol–water partition coefficient (Wildman–Crippen LogP) is 2.34. The number of fused-ring (bicyclic) bond motifs is 3. The van der Waals surface area contributed by atoms with Gasteiger partial charge in [-0.3, -0.25) is 9.36 Å². The minimum atomic E-state index is -0.0117. The Hall–Kier alpha value is -2.22. The molecule has 0 saturated carbocycles. The Labute approximate surface area is 155 Å². The van der Waals surface area contributed by atoms with Crippen LogP contribution in [0.3, 0.4) is 0 Å². The molecule has 2 fully saturated rings. The Bertz CT molecular complexity index is 924. The summed E-state index contributed by atoms with van der Waals surface area (Å²) >= 11 is 1.56. The maximum atomic E-state index is 13.0. The highest BCUT2D eigenvalue weighted by atomic mass is 32.1. The van der Waals surface area contributed by atoms with Gasteiger partial charge < -0.3 is 15.4 Å². The first-order chi connectivity index (χ1) is 12.8. The average molecular weight is 368 g/mol. The lowest BCUT2D eigenvalue weighted by Crippen LogP contribution is -2.58. The number of carbonyl (C=O) groups is 1. The zero-order chi connectivity index (χ0) is 17.5. The van der Waals surface area contributed by atoms with Crippen LogP contribution in [0.25, 0.3) is 16.0 Å². The molecule has 4 heterocycles. The van der Waals surface area contributed by atoms with Crippen molar-refractivity contribution in [2.45, 2.75) is 31.0 Å². The minimum absolute atomic E-state index is 0.0117. The lowest BCUT2D eigenvalue weighted by atomic mass is 9.92. The van der Waals surface area contributed by atoms with Crippen molar-refractivity contribution in [2.75, 3.05) is 13.2 Å². The molecule has 1 aromatic carbocycles. The molecule has 6 nitrogen and oxygen atoms in total.